The van der Waals surface area contributed by atoms with Crippen molar-refractivity contribution in [1.29, 1.82) is 0 Å². The van der Waals surface area contributed by atoms with Crippen molar-refractivity contribution in [2.24, 2.45) is 0 Å². The topological polar surface area (TPSA) is 78.5 Å². The van der Waals surface area contributed by atoms with Gasteiger partial charge in [0.2, 0.25) is 15.9 Å². The number of anilines is 1. The van der Waals surface area contributed by atoms with Crippen LogP contribution in [0.4, 0.5) is 5.69 Å². The van der Waals surface area contributed by atoms with Gasteiger partial charge in [-0.15, -0.1) is 0 Å². The number of piperidine rings is 1. The van der Waals surface area contributed by atoms with Crippen molar-refractivity contribution in [3.8, 4) is 0 Å². The number of aryl methyl sites for hydroxylation is 1. The molecule has 0 unspecified atom stereocenters. The molecule has 134 valence electrons. The van der Waals surface area contributed by atoms with Crippen LogP contribution in [0.25, 0.3) is 0 Å². The molecule has 2 rings (SSSR count). The van der Waals surface area contributed by atoms with Gasteiger partial charge in [-0.3, -0.25) is 4.79 Å². The number of nitrogens with zero attached hydrogens (tertiary/aromatic N) is 1. The first-order valence-corrected chi connectivity index (χ1v) is 9.89. The largest absolute Gasteiger partial charge is 0.325 e. The highest BCUT2D eigenvalue weighted by molar-refractivity contribution is 7.89. The highest BCUT2D eigenvalue weighted by atomic mass is 32.2. The number of rotatable bonds is 6. The number of nitrogens with one attached hydrogen (secondary N) is 2. The van der Waals surface area contributed by atoms with Crippen molar-refractivity contribution < 1.29 is 13.2 Å². The molecule has 1 aromatic carbocycles. The SMILES string of the molecule is Cc1ccc(S(=O)(=O)N2CCCCC2)cc1NC(=O)CNC(C)C. The van der Waals surface area contributed by atoms with Crippen LogP contribution in [0.15, 0.2) is 23.1 Å². The molecule has 6 nitrogen and oxygen atoms in total. The van der Waals surface area contributed by atoms with Gasteiger partial charge in [-0.25, -0.2) is 8.42 Å². The van der Waals surface area contributed by atoms with Crippen LogP contribution >= 0.6 is 0 Å². The van der Waals surface area contributed by atoms with Crippen molar-refractivity contribution in [2.45, 2.75) is 51.0 Å². The third-order valence-corrected chi connectivity index (χ3v) is 6.00. The van der Waals surface area contributed by atoms with E-state index in [4.69, 9.17) is 0 Å². The maximum atomic E-state index is 12.8. The Kier molecular flexibility index (Phi) is 6.37. The molecule has 0 aromatic heterocycles. The Morgan fingerprint density at radius 2 is 1.88 bits per heavy atom. The lowest BCUT2D eigenvalue weighted by molar-refractivity contribution is -0.115. The molecule has 0 bridgehead atoms. The molecular weight excluding hydrogens is 326 g/mol. The zero-order valence-electron chi connectivity index (χ0n) is 14.6. The van der Waals surface area contributed by atoms with Gasteiger partial charge in [0.25, 0.3) is 0 Å². The number of hydrogen-bond acceptors (Lipinski definition) is 4. The Hall–Kier alpha value is -1.44. The summed E-state index contributed by atoms with van der Waals surface area (Å²) >= 11 is 0. The maximum absolute atomic E-state index is 12.8. The van der Waals surface area contributed by atoms with Crippen LogP contribution in [-0.2, 0) is 14.8 Å². The summed E-state index contributed by atoms with van der Waals surface area (Å²) in [5, 5.41) is 5.84. The van der Waals surface area contributed by atoms with E-state index in [9.17, 15) is 13.2 Å². The van der Waals surface area contributed by atoms with E-state index in [1.54, 1.807) is 18.2 Å². The molecule has 0 spiro atoms. The van der Waals surface area contributed by atoms with Crippen LogP contribution in [-0.4, -0.2) is 44.3 Å². The van der Waals surface area contributed by atoms with Gasteiger partial charge >= 0.3 is 0 Å². The highest BCUT2D eigenvalue weighted by Crippen LogP contribution is 2.25. The minimum absolute atomic E-state index is 0.181. The molecule has 7 heteroatoms. The number of benzene rings is 1. The van der Waals surface area contributed by atoms with Gasteiger partial charge < -0.3 is 10.6 Å². The molecule has 1 aromatic rings. The summed E-state index contributed by atoms with van der Waals surface area (Å²) in [6, 6.07) is 5.12. The van der Waals surface area contributed by atoms with Crippen LogP contribution in [0.2, 0.25) is 0 Å². The van der Waals surface area contributed by atoms with Gasteiger partial charge in [0.1, 0.15) is 0 Å². The molecule has 2 N–H and O–H groups in total. The monoisotopic (exact) mass is 353 g/mol. The van der Waals surface area contributed by atoms with E-state index in [2.05, 4.69) is 10.6 Å². The number of amides is 1. The number of hydrogen-bond donors (Lipinski definition) is 2. The number of carbonyl (C=O) groups excluding carboxylic acids is 1. The summed E-state index contributed by atoms with van der Waals surface area (Å²) in [7, 11) is -3.50. The Morgan fingerprint density at radius 1 is 1.21 bits per heavy atom. The van der Waals surface area contributed by atoms with Gasteiger partial charge in [-0.05, 0) is 37.5 Å². The lowest BCUT2D eigenvalue weighted by atomic mass is 10.2. The van der Waals surface area contributed by atoms with Crippen molar-refractivity contribution >= 4 is 21.6 Å². The molecule has 1 aliphatic rings. The van der Waals surface area contributed by atoms with Crippen molar-refractivity contribution in [3.63, 3.8) is 0 Å². The first-order chi connectivity index (χ1) is 11.3. The average Bonchev–Trinajstić information content (AvgIpc) is 2.55. The van der Waals surface area contributed by atoms with E-state index in [1.807, 2.05) is 20.8 Å². The first kappa shape index (κ1) is 18.9. The lowest BCUT2D eigenvalue weighted by Gasteiger charge is -2.26. The Labute approximate surface area is 144 Å². The fourth-order valence-corrected chi connectivity index (χ4v) is 4.19. The first-order valence-electron chi connectivity index (χ1n) is 8.45. The van der Waals surface area contributed by atoms with Gasteiger partial charge in [-0.1, -0.05) is 26.3 Å². The molecule has 1 heterocycles. The molecule has 1 saturated heterocycles. The van der Waals surface area contributed by atoms with E-state index in [0.717, 1.165) is 24.8 Å². The molecule has 0 atom stereocenters. The van der Waals surface area contributed by atoms with Gasteiger partial charge in [0.15, 0.2) is 0 Å². The molecule has 0 saturated carbocycles. The molecule has 0 radical (unpaired) electrons. The minimum Gasteiger partial charge on any atom is -0.325 e. The quantitative estimate of drug-likeness (QED) is 0.821. The van der Waals surface area contributed by atoms with Gasteiger partial charge in [0.05, 0.1) is 11.4 Å². The van der Waals surface area contributed by atoms with Crippen LogP contribution in [0.3, 0.4) is 0 Å². The number of sulfonamides is 1. The molecule has 1 aliphatic heterocycles. The minimum atomic E-state index is -3.50. The van der Waals surface area contributed by atoms with E-state index in [1.165, 1.54) is 4.31 Å². The predicted octanol–water partition coefficient (Wildman–Crippen LogP) is 2.11. The van der Waals surface area contributed by atoms with Crippen LogP contribution < -0.4 is 10.6 Å². The van der Waals surface area contributed by atoms with E-state index >= 15 is 0 Å². The van der Waals surface area contributed by atoms with E-state index in [-0.39, 0.29) is 23.4 Å². The Balaban J connectivity index is 2.17. The zero-order valence-corrected chi connectivity index (χ0v) is 15.4. The van der Waals surface area contributed by atoms with E-state index < -0.39 is 10.0 Å². The second-order valence-corrected chi connectivity index (χ2v) is 8.46. The van der Waals surface area contributed by atoms with Crippen LogP contribution in [0.1, 0.15) is 38.7 Å². The summed E-state index contributed by atoms with van der Waals surface area (Å²) < 4.78 is 27.0. The van der Waals surface area contributed by atoms with Crippen molar-refractivity contribution in [3.05, 3.63) is 23.8 Å². The normalized spacial score (nSPS) is 16.3. The maximum Gasteiger partial charge on any atom is 0.243 e. The molecular formula is C17H27N3O3S. The predicted molar refractivity (Wildman–Crippen MR) is 95.6 cm³/mol. The average molecular weight is 353 g/mol. The molecule has 1 fully saturated rings. The standard InChI is InChI=1S/C17H27N3O3S/c1-13(2)18-12-17(21)19-16-11-15(8-7-14(16)3)24(22,23)20-9-5-4-6-10-20/h7-8,11,13,18H,4-6,9-10,12H2,1-3H3,(H,19,21). The fourth-order valence-electron chi connectivity index (χ4n) is 2.64. The molecule has 24 heavy (non-hydrogen) atoms. The Morgan fingerprint density at radius 3 is 2.50 bits per heavy atom. The smallest absolute Gasteiger partial charge is 0.243 e. The molecule has 1 amide bonds. The highest BCUT2D eigenvalue weighted by Gasteiger charge is 2.26. The van der Waals surface area contributed by atoms with Gasteiger partial charge in [0, 0.05) is 24.8 Å². The van der Waals surface area contributed by atoms with Crippen LogP contribution in [0.5, 0.6) is 0 Å². The second kappa shape index (κ2) is 8.09. The van der Waals surface area contributed by atoms with E-state index in [0.29, 0.717) is 18.8 Å². The molecule has 0 aliphatic carbocycles. The zero-order chi connectivity index (χ0) is 17.7. The summed E-state index contributed by atoms with van der Waals surface area (Å²) in [6.07, 6.45) is 2.87. The van der Waals surface area contributed by atoms with Gasteiger partial charge in [-0.2, -0.15) is 4.31 Å². The van der Waals surface area contributed by atoms with Crippen molar-refractivity contribution in [2.75, 3.05) is 25.0 Å². The summed E-state index contributed by atoms with van der Waals surface area (Å²) in [5.41, 5.74) is 1.38. The third-order valence-electron chi connectivity index (χ3n) is 4.11. The summed E-state index contributed by atoms with van der Waals surface area (Å²) in [4.78, 5) is 12.2. The Bertz CT molecular complexity index is 680. The fraction of sp³-hybridized carbons (Fsp3) is 0.588. The summed E-state index contributed by atoms with van der Waals surface area (Å²) in [5.74, 6) is -0.181. The lowest BCUT2D eigenvalue weighted by Crippen LogP contribution is -2.35. The second-order valence-electron chi connectivity index (χ2n) is 6.53. The summed E-state index contributed by atoms with van der Waals surface area (Å²) in [6.45, 7) is 7.10. The van der Waals surface area contributed by atoms with Crippen LogP contribution in [0, 0.1) is 6.92 Å². The van der Waals surface area contributed by atoms with Crippen molar-refractivity contribution in [1.82, 2.24) is 9.62 Å². The number of carbonyl (C=O) groups is 1. The third kappa shape index (κ3) is 4.78.